The fourth-order valence-corrected chi connectivity index (χ4v) is 1.56. The van der Waals surface area contributed by atoms with Crippen molar-refractivity contribution in [1.29, 1.82) is 0 Å². The Morgan fingerprint density at radius 1 is 1.31 bits per heavy atom. The first-order chi connectivity index (χ1) is 6.20. The summed E-state index contributed by atoms with van der Waals surface area (Å²) >= 11 is 0. The summed E-state index contributed by atoms with van der Waals surface area (Å²) in [4.78, 5) is 22.4. The van der Waals surface area contributed by atoms with Crippen molar-refractivity contribution in [3.63, 3.8) is 0 Å². The van der Waals surface area contributed by atoms with Gasteiger partial charge in [-0.25, -0.2) is 0 Å². The van der Waals surface area contributed by atoms with Crippen LogP contribution in [0, 0.1) is 0 Å². The summed E-state index contributed by atoms with van der Waals surface area (Å²) in [7, 11) is 0. The van der Waals surface area contributed by atoms with E-state index >= 15 is 0 Å². The molecule has 0 unspecified atom stereocenters. The zero-order valence-corrected chi connectivity index (χ0v) is 8.14. The highest BCUT2D eigenvalue weighted by molar-refractivity contribution is 5.98. The molecule has 0 radical (unpaired) electrons. The van der Waals surface area contributed by atoms with Crippen LogP contribution in [0.1, 0.15) is 45.4 Å². The lowest BCUT2D eigenvalue weighted by atomic mass is 10.0. The van der Waals surface area contributed by atoms with Gasteiger partial charge < -0.3 is 0 Å². The lowest BCUT2D eigenvalue weighted by Crippen LogP contribution is -2.04. The van der Waals surface area contributed by atoms with Crippen LogP contribution >= 0.6 is 0 Å². The summed E-state index contributed by atoms with van der Waals surface area (Å²) in [5, 5.41) is 0. The van der Waals surface area contributed by atoms with Crippen molar-refractivity contribution in [2.45, 2.75) is 45.4 Å². The third kappa shape index (κ3) is 3.53. The average Bonchev–Trinajstić information content (AvgIpc) is 2.16. The van der Waals surface area contributed by atoms with Crippen molar-refractivity contribution in [3.05, 3.63) is 11.6 Å². The van der Waals surface area contributed by atoms with Crippen molar-refractivity contribution in [3.8, 4) is 0 Å². The normalized spacial score (nSPS) is 23.8. The van der Waals surface area contributed by atoms with E-state index in [2.05, 4.69) is 0 Å². The van der Waals surface area contributed by atoms with E-state index in [0.29, 0.717) is 18.4 Å². The summed E-state index contributed by atoms with van der Waals surface area (Å²) in [6, 6.07) is 0. The number of Topliss-reactive ketones (excluding diaryl/α,β-unsaturated/α-hetero) is 2. The first-order valence-corrected chi connectivity index (χ1v) is 4.92. The van der Waals surface area contributed by atoms with E-state index < -0.39 is 0 Å². The number of hydrogen-bond acceptors (Lipinski definition) is 2. The summed E-state index contributed by atoms with van der Waals surface area (Å²) in [5.41, 5.74) is 0.715. The summed E-state index contributed by atoms with van der Waals surface area (Å²) < 4.78 is 0. The zero-order valence-electron chi connectivity index (χ0n) is 8.14. The molecule has 72 valence electrons. The maximum absolute atomic E-state index is 11.3. The third-order valence-corrected chi connectivity index (χ3v) is 2.39. The van der Waals surface area contributed by atoms with Gasteiger partial charge in [-0.05, 0) is 31.8 Å². The minimum atomic E-state index is 0.0512. The lowest BCUT2D eigenvalue weighted by Gasteiger charge is -2.00. The topological polar surface area (TPSA) is 34.1 Å². The molecule has 0 aromatic heterocycles. The lowest BCUT2D eigenvalue weighted by molar-refractivity contribution is -0.120. The fraction of sp³-hybridized carbons (Fsp3) is 0.636. The van der Waals surface area contributed by atoms with Gasteiger partial charge in [0.05, 0.1) is 0 Å². The molecule has 0 fully saturated rings. The Bertz CT molecular complexity index is 238. The van der Waals surface area contributed by atoms with Gasteiger partial charge in [-0.2, -0.15) is 0 Å². The third-order valence-electron chi connectivity index (χ3n) is 2.39. The molecule has 0 aromatic rings. The van der Waals surface area contributed by atoms with Crippen molar-refractivity contribution in [2.75, 3.05) is 0 Å². The number of carbonyl (C=O) groups is 2. The summed E-state index contributed by atoms with van der Waals surface area (Å²) in [6.07, 6.45) is 7.07. The average molecular weight is 180 g/mol. The molecule has 13 heavy (non-hydrogen) atoms. The molecule has 1 aliphatic carbocycles. The molecule has 2 nitrogen and oxygen atoms in total. The summed E-state index contributed by atoms with van der Waals surface area (Å²) in [6.45, 7) is 1.54. The van der Waals surface area contributed by atoms with Gasteiger partial charge in [0.1, 0.15) is 5.78 Å². The molecule has 0 saturated heterocycles. The van der Waals surface area contributed by atoms with Gasteiger partial charge in [-0.1, -0.05) is 12.5 Å². The Balaban J connectivity index is 2.66. The van der Waals surface area contributed by atoms with Crippen LogP contribution in [0.3, 0.4) is 0 Å². The van der Waals surface area contributed by atoms with E-state index in [0.717, 1.165) is 25.7 Å². The summed E-state index contributed by atoms with van der Waals surface area (Å²) in [5.74, 6) is 0.263. The Kier molecular flexibility index (Phi) is 3.87. The second-order valence-corrected chi connectivity index (χ2v) is 3.60. The predicted molar refractivity (Wildman–Crippen MR) is 51.5 cm³/mol. The Hall–Kier alpha value is -0.920. The molecule has 1 rings (SSSR count). The van der Waals surface area contributed by atoms with E-state index in [1.165, 1.54) is 6.92 Å². The molecule has 0 heterocycles. The van der Waals surface area contributed by atoms with Gasteiger partial charge in [0.25, 0.3) is 0 Å². The Morgan fingerprint density at radius 3 is 2.77 bits per heavy atom. The molecule has 0 aromatic carbocycles. The van der Waals surface area contributed by atoms with Crippen LogP contribution in [0.2, 0.25) is 0 Å². The monoisotopic (exact) mass is 180 g/mol. The number of allylic oxidation sites excluding steroid dienone is 2. The van der Waals surface area contributed by atoms with Crippen LogP contribution in [-0.2, 0) is 9.59 Å². The van der Waals surface area contributed by atoms with Crippen LogP contribution in [0.5, 0.6) is 0 Å². The van der Waals surface area contributed by atoms with Gasteiger partial charge in [0.15, 0.2) is 5.78 Å². The molecule has 0 bridgehead atoms. The minimum Gasteiger partial charge on any atom is -0.299 e. The van der Waals surface area contributed by atoms with Crippen molar-refractivity contribution < 1.29 is 9.59 Å². The van der Waals surface area contributed by atoms with Crippen LogP contribution in [0.25, 0.3) is 0 Å². The molecule has 0 N–H and O–H groups in total. The first-order valence-electron chi connectivity index (χ1n) is 4.92. The van der Waals surface area contributed by atoms with Crippen LogP contribution in [0.15, 0.2) is 11.6 Å². The highest BCUT2D eigenvalue weighted by Crippen LogP contribution is 2.15. The van der Waals surface area contributed by atoms with Crippen molar-refractivity contribution >= 4 is 11.6 Å². The van der Waals surface area contributed by atoms with Gasteiger partial charge in [0, 0.05) is 12.8 Å². The molecular formula is C11H16O2. The smallest absolute Gasteiger partial charge is 0.155 e. The number of hydrogen-bond donors (Lipinski definition) is 0. The van der Waals surface area contributed by atoms with Crippen molar-refractivity contribution in [1.82, 2.24) is 0 Å². The Labute approximate surface area is 79.0 Å². The number of ketones is 2. The fourth-order valence-electron chi connectivity index (χ4n) is 1.56. The molecule has 0 amide bonds. The second kappa shape index (κ2) is 4.95. The predicted octanol–water partition coefficient (Wildman–Crippen LogP) is 2.43. The molecular weight excluding hydrogens is 164 g/mol. The Morgan fingerprint density at radius 2 is 2.08 bits per heavy atom. The van der Waals surface area contributed by atoms with E-state index in [-0.39, 0.29) is 11.6 Å². The first kappa shape index (κ1) is 10.2. The highest BCUT2D eigenvalue weighted by Gasteiger charge is 2.11. The van der Waals surface area contributed by atoms with Crippen LogP contribution in [0.4, 0.5) is 0 Å². The van der Waals surface area contributed by atoms with Gasteiger partial charge in [0.2, 0.25) is 0 Å². The zero-order chi connectivity index (χ0) is 9.68. The molecule has 0 aliphatic heterocycles. The molecule has 0 spiro atoms. The van der Waals surface area contributed by atoms with Gasteiger partial charge >= 0.3 is 0 Å². The second-order valence-electron chi connectivity index (χ2n) is 3.60. The van der Waals surface area contributed by atoms with Crippen LogP contribution < -0.4 is 0 Å². The molecule has 2 heteroatoms. The number of carbonyl (C=O) groups excluding carboxylic acids is 2. The van der Waals surface area contributed by atoms with Gasteiger partial charge in [-0.3, -0.25) is 9.59 Å². The van der Waals surface area contributed by atoms with E-state index in [1.807, 2.05) is 6.08 Å². The molecule has 1 aliphatic rings. The standard InChI is InChI=1S/C11H16O2/c1-9(12)10-6-4-2-3-5-7-11(13)8-10/h6H,2-5,7-8H2,1H3/b10-6+. The quantitative estimate of drug-likeness (QED) is 0.621. The van der Waals surface area contributed by atoms with Gasteiger partial charge in [-0.15, -0.1) is 0 Å². The van der Waals surface area contributed by atoms with E-state index in [1.54, 1.807) is 0 Å². The highest BCUT2D eigenvalue weighted by atomic mass is 16.1. The molecule has 0 atom stereocenters. The van der Waals surface area contributed by atoms with E-state index in [4.69, 9.17) is 0 Å². The van der Waals surface area contributed by atoms with Crippen molar-refractivity contribution in [2.24, 2.45) is 0 Å². The number of rotatable bonds is 1. The maximum atomic E-state index is 11.3. The minimum absolute atomic E-state index is 0.0512. The van der Waals surface area contributed by atoms with Crippen LogP contribution in [-0.4, -0.2) is 11.6 Å². The molecule has 0 saturated carbocycles. The maximum Gasteiger partial charge on any atom is 0.155 e. The SMILES string of the molecule is CC(=O)/C1=C/CCCCCC(=O)C1. The largest absolute Gasteiger partial charge is 0.299 e. The van der Waals surface area contributed by atoms with E-state index in [9.17, 15) is 9.59 Å².